The van der Waals surface area contributed by atoms with Crippen LogP contribution < -0.4 is 24.8 Å². The zero-order valence-electron chi connectivity index (χ0n) is 29.8. The van der Waals surface area contributed by atoms with Crippen LogP contribution in [-0.2, 0) is 14.0 Å². The highest BCUT2D eigenvalue weighted by Gasteiger charge is 2.65. The van der Waals surface area contributed by atoms with Crippen LogP contribution in [0.15, 0.2) is 66.9 Å². The third-order valence-corrected chi connectivity index (χ3v) is 14.3. The fourth-order valence-electron chi connectivity index (χ4n) is 5.64. The Labute approximate surface area is 292 Å². The van der Waals surface area contributed by atoms with Gasteiger partial charge < -0.3 is 29.3 Å². The number of nitrogens with one attached hydrogen (secondary N) is 2. The summed E-state index contributed by atoms with van der Waals surface area (Å²) in [5.41, 5.74) is 0.602. The van der Waals surface area contributed by atoms with Gasteiger partial charge in [-0.25, -0.2) is 8.78 Å². The molecule has 2 N–H and O–H groups in total. The van der Waals surface area contributed by atoms with Crippen LogP contribution in [0, 0.1) is 28.9 Å². The second kappa shape index (κ2) is 14.4. The number of rotatable bonds is 13. The number of fused-ring (bicyclic) bond motifs is 1. The molecule has 3 aromatic carbocycles. The Morgan fingerprint density at radius 2 is 1.48 bits per heavy atom. The number of hydrogen-bond donors (Lipinski definition) is 2. The van der Waals surface area contributed by atoms with Crippen molar-refractivity contribution in [1.29, 1.82) is 0 Å². The van der Waals surface area contributed by atoms with Crippen molar-refractivity contribution in [1.82, 2.24) is 4.98 Å². The topological polar surface area (TPSA) is 108 Å². The average Bonchev–Trinajstić information content (AvgIpc) is 3.64. The highest BCUT2D eigenvalue weighted by Crippen LogP contribution is 2.59. The Morgan fingerprint density at radius 3 is 2.10 bits per heavy atom. The molecule has 0 saturated heterocycles. The molecule has 0 aliphatic heterocycles. The van der Waals surface area contributed by atoms with Gasteiger partial charge in [-0.1, -0.05) is 34.6 Å². The largest absolute Gasteiger partial charge is 0.493 e. The summed E-state index contributed by atoms with van der Waals surface area (Å²) >= 11 is 0. The molecular weight excluding hydrogens is 661 g/mol. The molecule has 2 amide bonds. The number of amides is 2. The first kappa shape index (κ1) is 36.7. The Morgan fingerprint density at radius 1 is 0.840 bits per heavy atom. The van der Waals surface area contributed by atoms with Gasteiger partial charge in [0.15, 0.2) is 31.4 Å². The number of ether oxygens (including phenoxy) is 3. The van der Waals surface area contributed by atoms with Crippen molar-refractivity contribution in [2.24, 2.45) is 17.3 Å². The van der Waals surface area contributed by atoms with E-state index < -0.39 is 43.1 Å². The van der Waals surface area contributed by atoms with Gasteiger partial charge in [0.25, 0.3) is 0 Å². The lowest BCUT2D eigenvalue weighted by atomic mass is 10.1. The summed E-state index contributed by atoms with van der Waals surface area (Å²) in [6.45, 7) is 15.7. The first-order valence-corrected chi connectivity index (χ1v) is 19.5. The van der Waals surface area contributed by atoms with Crippen LogP contribution >= 0.6 is 0 Å². The smallest absolute Gasteiger partial charge is 0.228 e. The monoisotopic (exact) mass is 705 g/mol. The Kier molecular flexibility index (Phi) is 10.5. The molecule has 5 rings (SSSR count). The van der Waals surface area contributed by atoms with Crippen LogP contribution in [0.1, 0.15) is 41.0 Å². The summed E-state index contributed by atoms with van der Waals surface area (Å²) in [5, 5.41) is 6.18. The molecule has 9 nitrogen and oxygen atoms in total. The highest BCUT2D eigenvalue weighted by molar-refractivity contribution is 6.74. The van der Waals surface area contributed by atoms with Gasteiger partial charge in [-0.15, -0.1) is 0 Å². The van der Waals surface area contributed by atoms with Gasteiger partial charge in [-0.3, -0.25) is 14.6 Å². The number of aromatic nitrogens is 1. The minimum Gasteiger partial charge on any atom is -0.493 e. The molecule has 50 heavy (non-hydrogen) atoms. The zero-order chi connectivity index (χ0) is 36.4. The lowest BCUT2D eigenvalue weighted by Crippen LogP contribution is -2.41. The molecule has 1 aromatic heterocycles. The lowest BCUT2D eigenvalue weighted by molar-refractivity contribution is -0.122. The summed E-state index contributed by atoms with van der Waals surface area (Å²) in [6, 6.07) is 14.7. The van der Waals surface area contributed by atoms with Gasteiger partial charge in [0, 0.05) is 48.1 Å². The first-order chi connectivity index (χ1) is 23.5. The second-order valence-corrected chi connectivity index (χ2v) is 19.5. The normalized spacial score (nSPS) is 16.8. The molecule has 1 heterocycles. The molecule has 4 aromatic rings. The number of methoxy groups -OCH3 is 1. The number of pyridine rings is 1. The molecule has 266 valence electrons. The quantitative estimate of drug-likeness (QED) is 0.106. The van der Waals surface area contributed by atoms with Gasteiger partial charge in [0.05, 0.1) is 31.1 Å². The van der Waals surface area contributed by atoms with E-state index in [1.54, 1.807) is 31.5 Å². The highest BCUT2D eigenvalue weighted by atomic mass is 28.4. The molecule has 1 fully saturated rings. The maximum atomic E-state index is 15.4. The number of carbonyl (C=O) groups is 2. The summed E-state index contributed by atoms with van der Waals surface area (Å²) in [5.74, 6) is -1.80. The SMILES string of the molecule is COc1cc2nccc(Oc3ccc(NC(=O)[C@H]4[C@@H](C(=O)Nc5ccc(F)cc5)C4(C)C)cc3F)c2cc1OCCCO[Si](C)(C)C(C)(C)C. The minimum absolute atomic E-state index is 0.0557. The fraction of sp³-hybridized carbons (Fsp3) is 0.395. The second-order valence-electron chi connectivity index (χ2n) is 14.6. The Hall–Kier alpha value is -4.55. The van der Waals surface area contributed by atoms with Crippen molar-refractivity contribution in [3.05, 3.63) is 78.5 Å². The number of halogens is 2. The summed E-state index contributed by atoms with van der Waals surface area (Å²) in [6.07, 6.45) is 2.25. The molecule has 1 saturated carbocycles. The van der Waals surface area contributed by atoms with Crippen LogP contribution in [0.4, 0.5) is 20.2 Å². The van der Waals surface area contributed by atoms with Crippen LogP contribution in [0.5, 0.6) is 23.0 Å². The van der Waals surface area contributed by atoms with E-state index >= 15 is 4.39 Å². The first-order valence-electron chi connectivity index (χ1n) is 16.6. The number of benzene rings is 3. The lowest BCUT2D eigenvalue weighted by Gasteiger charge is -2.36. The van der Waals surface area contributed by atoms with Crippen molar-refractivity contribution >= 4 is 42.4 Å². The van der Waals surface area contributed by atoms with E-state index in [1.807, 2.05) is 13.8 Å². The van der Waals surface area contributed by atoms with Crippen LogP contribution in [0.3, 0.4) is 0 Å². The molecule has 1 aliphatic carbocycles. The van der Waals surface area contributed by atoms with E-state index in [9.17, 15) is 14.0 Å². The van der Waals surface area contributed by atoms with E-state index in [1.165, 1.54) is 42.5 Å². The average molecular weight is 706 g/mol. The number of hydrogen-bond acceptors (Lipinski definition) is 7. The van der Waals surface area contributed by atoms with E-state index in [4.69, 9.17) is 18.6 Å². The van der Waals surface area contributed by atoms with E-state index in [-0.39, 0.29) is 22.4 Å². The van der Waals surface area contributed by atoms with Crippen molar-refractivity contribution in [3.63, 3.8) is 0 Å². The third-order valence-electron chi connectivity index (χ3n) is 9.73. The molecule has 2 atom stereocenters. The van der Waals surface area contributed by atoms with Crippen molar-refractivity contribution in [2.45, 2.75) is 59.2 Å². The zero-order valence-corrected chi connectivity index (χ0v) is 30.8. The van der Waals surface area contributed by atoms with Gasteiger partial charge >= 0.3 is 0 Å². The number of carbonyl (C=O) groups excluding carboxylic acids is 2. The number of anilines is 2. The standard InChI is InChI=1S/C38H45F2N3O6Si/c1-37(2,3)50(7,8)48-19-9-18-47-32-21-26-28(22-31(32)46-6)41-17-16-29(26)49-30-15-14-25(20-27(30)40)43-36(45)34-33(38(34,4)5)35(44)42-24-12-10-23(39)11-13-24/h10-17,20-22,33-34H,9,18-19H2,1-8H3,(H,42,44)(H,43,45)/t33-,34+/m0/s1. The summed E-state index contributed by atoms with van der Waals surface area (Å²) in [4.78, 5) is 30.5. The maximum Gasteiger partial charge on any atom is 0.228 e. The predicted molar refractivity (Wildman–Crippen MR) is 192 cm³/mol. The molecular formula is C38H45F2N3O6Si. The van der Waals surface area contributed by atoms with Crippen LogP contribution in [0.25, 0.3) is 10.9 Å². The van der Waals surface area contributed by atoms with Gasteiger partial charge in [-0.05, 0) is 72.1 Å². The molecule has 0 spiro atoms. The molecule has 1 aliphatic rings. The van der Waals surface area contributed by atoms with Crippen molar-refractivity contribution in [3.8, 4) is 23.0 Å². The molecule has 12 heteroatoms. The predicted octanol–water partition coefficient (Wildman–Crippen LogP) is 8.95. The van der Waals surface area contributed by atoms with Crippen LogP contribution in [-0.4, -0.2) is 45.4 Å². The summed E-state index contributed by atoms with van der Waals surface area (Å²) in [7, 11) is -0.305. The van der Waals surface area contributed by atoms with Gasteiger partial charge in [-0.2, -0.15) is 0 Å². The van der Waals surface area contributed by atoms with E-state index in [0.29, 0.717) is 53.5 Å². The Balaban J connectivity index is 1.23. The van der Waals surface area contributed by atoms with E-state index in [2.05, 4.69) is 49.5 Å². The molecule has 0 radical (unpaired) electrons. The maximum absolute atomic E-state index is 15.4. The number of nitrogens with zero attached hydrogens (tertiary/aromatic N) is 1. The van der Waals surface area contributed by atoms with Crippen LogP contribution in [0.2, 0.25) is 18.1 Å². The third kappa shape index (κ3) is 8.08. The summed E-state index contributed by atoms with van der Waals surface area (Å²) < 4.78 is 52.6. The van der Waals surface area contributed by atoms with Gasteiger partial charge in [0.2, 0.25) is 11.8 Å². The fourth-order valence-corrected chi connectivity index (χ4v) is 6.73. The van der Waals surface area contributed by atoms with Gasteiger partial charge in [0.1, 0.15) is 11.6 Å². The Bertz CT molecular complexity index is 1880. The van der Waals surface area contributed by atoms with E-state index in [0.717, 1.165) is 0 Å². The molecule has 0 bridgehead atoms. The van der Waals surface area contributed by atoms with Crippen molar-refractivity contribution in [2.75, 3.05) is 31.0 Å². The molecule has 0 unspecified atom stereocenters. The minimum atomic E-state index is -1.86. The van der Waals surface area contributed by atoms with Crippen molar-refractivity contribution < 1.29 is 37.0 Å².